The molecular weight excluding hydrogens is 304 g/mol. The first-order valence-corrected chi connectivity index (χ1v) is 8.53. The molecule has 24 heavy (non-hydrogen) atoms. The summed E-state index contributed by atoms with van der Waals surface area (Å²) in [5.41, 5.74) is -0.236. The molecule has 0 aromatic carbocycles. The number of aromatic nitrogens is 1. The summed E-state index contributed by atoms with van der Waals surface area (Å²) in [7, 11) is 0. The summed E-state index contributed by atoms with van der Waals surface area (Å²) in [5, 5.41) is 0. The maximum atomic E-state index is 12.4. The van der Waals surface area contributed by atoms with E-state index in [1.54, 1.807) is 23.2 Å². The molecule has 1 fully saturated rings. The Hall–Kier alpha value is -1.91. The number of likely N-dealkylation sites (tertiary alicyclic amines) is 1. The first-order valence-electron chi connectivity index (χ1n) is 8.53. The van der Waals surface area contributed by atoms with Crippen molar-refractivity contribution >= 4 is 11.9 Å². The fourth-order valence-electron chi connectivity index (χ4n) is 3.21. The van der Waals surface area contributed by atoms with Crippen molar-refractivity contribution in [2.45, 2.75) is 65.0 Å². The van der Waals surface area contributed by atoms with Crippen molar-refractivity contribution in [3.05, 3.63) is 30.1 Å². The molecule has 0 spiro atoms. The topological polar surface area (TPSA) is 59.5 Å². The van der Waals surface area contributed by atoms with Gasteiger partial charge in [0.2, 0.25) is 0 Å². The molecule has 1 atom stereocenters. The van der Waals surface area contributed by atoms with E-state index in [4.69, 9.17) is 4.74 Å². The molecule has 0 saturated carbocycles. The molecule has 1 aromatic heterocycles. The highest BCUT2D eigenvalue weighted by Crippen LogP contribution is 2.36. The Balaban J connectivity index is 1.92. The Bertz CT molecular complexity index is 590. The van der Waals surface area contributed by atoms with Crippen molar-refractivity contribution in [1.29, 1.82) is 0 Å². The molecule has 1 aliphatic rings. The summed E-state index contributed by atoms with van der Waals surface area (Å²) in [5.74, 6) is 0.365. The zero-order chi connectivity index (χ0) is 18.0. The summed E-state index contributed by atoms with van der Waals surface area (Å²) in [6.45, 7) is 10.4. The highest BCUT2D eigenvalue weighted by molar-refractivity contribution is 5.94. The molecule has 5 nitrogen and oxygen atoms in total. The molecule has 132 valence electrons. The van der Waals surface area contributed by atoms with Gasteiger partial charge in [-0.3, -0.25) is 9.78 Å². The van der Waals surface area contributed by atoms with E-state index < -0.39 is 5.60 Å². The van der Waals surface area contributed by atoms with Crippen molar-refractivity contribution < 1.29 is 14.3 Å². The molecule has 1 saturated heterocycles. The Morgan fingerprint density at radius 1 is 1.33 bits per heavy atom. The third kappa shape index (κ3) is 4.79. The van der Waals surface area contributed by atoms with E-state index in [-0.39, 0.29) is 17.4 Å². The van der Waals surface area contributed by atoms with E-state index in [0.29, 0.717) is 24.6 Å². The predicted molar refractivity (Wildman–Crippen MR) is 92.9 cm³/mol. The molecule has 0 bridgehead atoms. The first kappa shape index (κ1) is 18.4. The van der Waals surface area contributed by atoms with Crippen molar-refractivity contribution in [2.24, 2.45) is 5.92 Å². The summed E-state index contributed by atoms with van der Waals surface area (Å²) in [6, 6.07) is 5.37. The standard InChI is InChI=1S/C19H28N2O3/c1-18(2,3)24-17(23)21-13-14(12-19(21,4)5)9-10-16(22)15-8-6-7-11-20-15/h6-8,11,14H,9-10,12-13H2,1-5H3/t14-/m0/s1. The van der Waals surface area contributed by atoms with Crippen LogP contribution in [0, 0.1) is 5.92 Å². The maximum absolute atomic E-state index is 12.4. The lowest BCUT2D eigenvalue weighted by molar-refractivity contribution is 0.0131. The molecule has 0 N–H and O–H groups in total. The van der Waals surface area contributed by atoms with E-state index in [1.807, 2.05) is 26.8 Å². The number of pyridine rings is 1. The smallest absolute Gasteiger partial charge is 0.410 e. The van der Waals surface area contributed by atoms with Crippen molar-refractivity contribution in [3.63, 3.8) is 0 Å². The van der Waals surface area contributed by atoms with Crippen LogP contribution >= 0.6 is 0 Å². The van der Waals surface area contributed by atoms with Crippen LogP contribution in [0.15, 0.2) is 24.4 Å². The zero-order valence-corrected chi connectivity index (χ0v) is 15.3. The summed E-state index contributed by atoms with van der Waals surface area (Å²) in [6.07, 6.45) is 3.46. The van der Waals surface area contributed by atoms with Gasteiger partial charge in [-0.15, -0.1) is 0 Å². The Kier molecular flexibility index (Phi) is 5.31. The minimum Gasteiger partial charge on any atom is -0.444 e. The predicted octanol–water partition coefficient (Wildman–Crippen LogP) is 4.08. The number of hydrogen-bond donors (Lipinski definition) is 0. The number of carbonyl (C=O) groups is 2. The Morgan fingerprint density at radius 2 is 2.04 bits per heavy atom. The second-order valence-corrected chi connectivity index (χ2v) is 8.15. The van der Waals surface area contributed by atoms with Gasteiger partial charge in [0.1, 0.15) is 11.3 Å². The van der Waals surface area contributed by atoms with Gasteiger partial charge in [0.15, 0.2) is 5.78 Å². The highest BCUT2D eigenvalue weighted by atomic mass is 16.6. The number of rotatable bonds is 4. The first-order chi connectivity index (χ1) is 11.1. The van der Waals surface area contributed by atoms with Gasteiger partial charge in [-0.1, -0.05) is 6.07 Å². The number of nitrogens with zero attached hydrogens (tertiary/aromatic N) is 2. The molecule has 1 aromatic rings. The second-order valence-electron chi connectivity index (χ2n) is 8.15. The van der Waals surface area contributed by atoms with Crippen LogP contribution in [0.2, 0.25) is 0 Å². The molecule has 1 amide bonds. The third-order valence-corrected chi connectivity index (χ3v) is 4.30. The van der Waals surface area contributed by atoms with Crippen LogP contribution in [-0.4, -0.2) is 39.4 Å². The molecule has 2 heterocycles. The van der Waals surface area contributed by atoms with Crippen LogP contribution < -0.4 is 0 Å². The molecule has 0 radical (unpaired) electrons. The zero-order valence-electron chi connectivity index (χ0n) is 15.3. The molecule has 0 unspecified atom stereocenters. The van der Waals surface area contributed by atoms with Gasteiger partial charge in [0, 0.05) is 24.7 Å². The van der Waals surface area contributed by atoms with Crippen LogP contribution in [-0.2, 0) is 4.74 Å². The second kappa shape index (κ2) is 6.91. The van der Waals surface area contributed by atoms with E-state index in [2.05, 4.69) is 18.8 Å². The van der Waals surface area contributed by atoms with E-state index in [9.17, 15) is 9.59 Å². The molecule has 2 rings (SSSR count). The summed E-state index contributed by atoms with van der Waals surface area (Å²) in [4.78, 5) is 30.5. The summed E-state index contributed by atoms with van der Waals surface area (Å²) >= 11 is 0. The third-order valence-electron chi connectivity index (χ3n) is 4.30. The van der Waals surface area contributed by atoms with Crippen molar-refractivity contribution in [3.8, 4) is 0 Å². The van der Waals surface area contributed by atoms with Crippen molar-refractivity contribution in [1.82, 2.24) is 9.88 Å². The SMILES string of the molecule is CC(C)(C)OC(=O)N1C[C@@H](CCC(=O)c2ccccn2)CC1(C)C. The van der Waals surface area contributed by atoms with Crippen molar-refractivity contribution in [2.75, 3.05) is 6.54 Å². The molecule has 0 aliphatic carbocycles. The minimum absolute atomic E-state index is 0.0594. The van der Waals surface area contributed by atoms with Crippen LogP contribution in [0.1, 0.15) is 64.4 Å². The monoisotopic (exact) mass is 332 g/mol. The molecule has 1 aliphatic heterocycles. The fourth-order valence-corrected chi connectivity index (χ4v) is 3.21. The molecule has 5 heteroatoms. The van der Waals surface area contributed by atoms with E-state index in [1.165, 1.54) is 0 Å². The minimum atomic E-state index is -0.500. The number of ketones is 1. The van der Waals surface area contributed by atoms with Crippen LogP contribution in [0.25, 0.3) is 0 Å². The van der Waals surface area contributed by atoms with Gasteiger partial charge in [-0.05, 0) is 65.5 Å². The number of ether oxygens (including phenoxy) is 1. The number of amides is 1. The molecular formula is C19H28N2O3. The van der Waals surface area contributed by atoms with Gasteiger partial charge < -0.3 is 9.64 Å². The number of Topliss-reactive ketones (excluding diaryl/α,β-unsaturated/α-hetero) is 1. The maximum Gasteiger partial charge on any atom is 0.410 e. The highest BCUT2D eigenvalue weighted by Gasteiger charge is 2.42. The lowest BCUT2D eigenvalue weighted by Crippen LogP contribution is -2.45. The quantitative estimate of drug-likeness (QED) is 0.780. The average molecular weight is 332 g/mol. The fraction of sp³-hybridized carbons (Fsp3) is 0.632. The van der Waals surface area contributed by atoms with Crippen LogP contribution in [0.4, 0.5) is 4.79 Å². The van der Waals surface area contributed by atoms with Gasteiger partial charge in [-0.25, -0.2) is 4.79 Å². The van der Waals surface area contributed by atoms with Gasteiger partial charge >= 0.3 is 6.09 Å². The van der Waals surface area contributed by atoms with Gasteiger partial charge in [-0.2, -0.15) is 0 Å². The summed E-state index contributed by atoms with van der Waals surface area (Å²) < 4.78 is 5.51. The normalized spacial score (nSPS) is 20.0. The average Bonchev–Trinajstić information content (AvgIpc) is 2.79. The van der Waals surface area contributed by atoms with E-state index >= 15 is 0 Å². The lowest BCUT2D eigenvalue weighted by atomic mass is 9.92. The van der Waals surface area contributed by atoms with Crippen LogP contribution in [0.3, 0.4) is 0 Å². The Morgan fingerprint density at radius 3 is 2.62 bits per heavy atom. The van der Waals surface area contributed by atoms with Gasteiger partial charge in [0.25, 0.3) is 0 Å². The number of carbonyl (C=O) groups excluding carboxylic acids is 2. The van der Waals surface area contributed by atoms with Gasteiger partial charge in [0.05, 0.1) is 0 Å². The lowest BCUT2D eigenvalue weighted by Gasteiger charge is -2.33. The van der Waals surface area contributed by atoms with Crippen LogP contribution in [0.5, 0.6) is 0 Å². The Labute approximate surface area is 144 Å². The number of hydrogen-bond acceptors (Lipinski definition) is 4. The van der Waals surface area contributed by atoms with E-state index in [0.717, 1.165) is 12.8 Å². The largest absolute Gasteiger partial charge is 0.444 e.